The molecule has 9 nitrogen and oxygen atoms in total. The van der Waals surface area contributed by atoms with Gasteiger partial charge in [0.2, 0.25) is 11.8 Å². The maximum Gasteiger partial charge on any atom is 0.305 e. The lowest BCUT2D eigenvalue weighted by atomic mass is 10.0. The van der Waals surface area contributed by atoms with Gasteiger partial charge in [0, 0.05) is 19.5 Å². The SMILES string of the molecule is CCCOc1ccc(C(CC(=O)O)NC(=O)C2CC(=O)N(CCCN(C)C)C2)cc1OC. The van der Waals surface area contributed by atoms with Gasteiger partial charge in [0.1, 0.15) is 0 Å². The molecule has 1 aliphatic rings. The second-order valence-corrected chi connectivity index (χ2v) is 8.32. The summed E-state index contributed by atoms with van der Waals surface area (Å²) in [6, 6.07) is 4.39. The Morgan fingerprint density at radius 3 is 2.69 bits per heavy atom. The van der Waals surface area contributed by atoms with Crippen LogP contribution in [0, 0.1) is 5.92 Å². The number of carbonyl (C=O) groups excluding carboxylic acids is 2. The number of hydrogen-bond donors (Lipinski definition) is 2. The zero-order valence-electron chi connectivity index (χ0n) is 19.4. The number of nitrogens with one attached hydrogen (secondary N) is 1. The Labute approximate surface area is 189 Å². The van der Waals surface area contributed by atoms with Crippen LogP contribution in [0.4, 0.5) is 0 Å². The van der Waals surface area contributed by atoms with Crippen LogP contribution in [0.3, 0.4) is 0 Å². The van der Waals surface area contributed by atoms with E-state index in [4.69, 9.17) is 9.47 Å². The van der Waals surface area contributed by atoms with Crippen LogP contribution >= 0.6 is 0 Å². The van der Waals surface area contributed by atoms with E-state index in [0.717, 1.165) is 19.4 Å². The van der Waals surface area contributed by atoms with Crippen LogP contribution in [0.25, 0.3) is 0 Å². The monoisotopic (exact) mass is 449 g/mol. The van der Waals surface area contributed by atoms with Crippen LogP contribution in [0.15, 0.2) is 18.2 Å². The van der Waals surface area contributed by atoms with Crippen molar-refractivity contribution < 1.29 is 29.0 Å². The number of likely N-dealkylation sites (tertiary alicyclic amines) is 1. The summed E-state index contributed by atoms with van der Waals surface area (Å²) in [6.45, 7) is 4.35. The molecule has 1 saturated heterocycles. The average molecular weight is 450 g/mol. The lowest BCUT2D eigenvalue weighted by molar-refractivity contribution is -0.138. The van der Waals surface area contributed by atoms with Crippen LogP contribution < -0.4 is 14.8 Å². The summed E-state index contributed by atoms with van der Waals surface area (Å²) in [6.07, 6.45) is 1.54. The molecular formula is C23H35N3O6. The lowest BCUT2D eigenvalue weighted by Gasteiger charge is -2.22. The van der Waals surface area contributed by atoms with Gasteiger partial charge in [-0.15, -0.1) is 0 Å². The fourth-order valence-corrected chi connectivity index (χ4v) is 3.69. The Kier molecular flexibility index (Phi) is 9.77. The summed E-state index contributed by atoms with van der Waals surface area (Å²) in [5.74, 6) is -0.847. The number of carboxylic acids is 1. The molecule has 2 rings (SSSR count). The molecule has 1 aromatic carbocycles. The second-order valence-electron chi connectivity index (χ2n) is 8.32. The minimum absolute atomic E-state index is 0.0437. The highest BCUT2D eigenvalue weighted by molar-refractivity contribution is 5.89. The molecule has 178 valence electrons. The zero-order chi connectivity index (χ0) is 23.7. The van der Waals surface area contributed by atoms with E-state index in [1.54, 1.807) is 23.1 Å². The van der Waals surface area contributed by atoms with Crippen molar-refractivity contribution >= 4 is 17.8 Å². The van der Waals surface area contributed by atoms with Crippen LogP contribution in [-0.2, 0) is 14.4 Å². The Morgan fingerprint density at radius 1 is 1.31 bits per heavy atom. The minimum atomic E-state index is -1.03. The number of rotatable bonds is 13. The smallest absolute Gasteiger partial charge is 0.305 e. The van der Waals surface area contributed by atoms with E-state index in [9.17, 15) is 19.5 Å². The quantitative estimate of drug-likeness (QED) is 0.474. The van der Waals surface area contributed by atoms with Gasteiger partial charge in [0.05, 0.1) is 32.1 Å². The lowest BCUT2D eigenvalue weighted by Crippen LogP contribution is -2.36. The molecule has 2 unspecified atom stereocenters. The first-order valence-electron chi connectivity index (χ1n) is 11.0. The second kappa shape index (κ2) is 12.3. The Bertz CT molecular complexity index is 798. The van der Waals surface area contributed by atoms with Gasteiger partial charge in [-0.2, -0.15) is 0 Å². The van der Waals surface area contributed by atoms with E-state index < -0.39 is 17.9 Å². The molecule has 2 N–H and O–H groups in total. The van der Waals surface area contributed by atoms with Crippen molar-refractivity contribution in [3.63, 3.8) is 0 Å². The molecule has 0 aliphatic carbocycles. The fourth-order valence-electron chi connectivity index (χ4n) is 3.69. The Balaban J connectivity index is 2.08. The number of hydrogen-bond acceptors (Lipinski definition) is 6. The number of nitrogens with zero attached hydrogens (tertiary/aromatic N) is 2. The number of methoxy groups -OCH3 is 1. The molecule has 0 bridgehead atoms. The van der Waals surface area contributed by atoms with Crippen LogP contribution in [0.1, 0.15) is 44.2 Å². The van der Waals surface area contributed by atoms with Gasteiger partial charge in [0.25, 0.3) is 0 Å². The summed E-state index contributed by atoms with van der Waals surface area (Å²) in [7, 11) is 5.46. The summed E-state index contributed by atoms with van der Waals surface area (Å²) < 4.78 is 11.0. The molecular weight excluding hydrogens is 414 g/mol. The number of carbonyl (C=O) groups is 3. The first-order chi connectivity index (χ1) is 15.2. The first kappa shape index (κ1) is 25.5. The molecule has 0 spiro atoms. The number of amides is 2. The van der Waals surface area contributed by atoms with E-state index in [0.29, 0.717) is 36.8 Å². The van der Waals surface area contributed by atoms with Crippen molar-refractivity contribution in [1.29, 1.82) is 0 Å². The molecule has 32 heavy (non-hydrogen) atoms. The highest BCUT2D eigenvalue weighted by atomic mass is 16.5. The maximum atomic E-state index is 12.9. The van der Waals surface area contributed by atoms with Crippen LogP contribution in [0.2, 0.25) is 0 Å². The third-order valence-electron chi connectivity index (χ3n) is 5.37. The van der Waals surface area contributed by atoms with Crippen molar-refractivity contribution in [2.45, 2.75) is 38.6 Å². The third kappa shape index (κ3) is 7.40. The van der Waals surface area contributed by atoms with E-state index >= 15 is 0 Å². The van der Waals surface area contributed by atoms with E-state index in [1.165, 1.54) is 7.11 Å². The largest absolute Gasteiger partial charge is 0.493 e. The summed E-state index contributed by atoms with van der Waals surface area (Å²) in [4.78, 5) is 40.4. The van der Waals surface area contributed by atoms with Gasteiger partial charge >= 0.3 is 5.97 Å². The predicted octanol–water partition coefficient (Wildman–Crippen LogP) is 1.92. The van der Waals surface area contributed by atoms with E-state index in [2.05, 4.69) is 5.32 Å². The topological polar surface area (TPSA) is 108 Å². The maximum absolute atomic E-state index is 12.9. The molecule has 0 aromatic heterocycles. The van der Waals surface area contributed by atoms with Gasteiger partial charge in [-0.25, -0.2) is 0 Å². The number of benzene rings is 1. The van der Waals surface area contributed by atoms with Crippen molar-refractivity contribution in [1.82, 2.24) is 15.1 Å². The number of carboxylic acid groups (broad SMARTS) is 1. The third-order valence-corrected chi connectivity index (χ3v) is 5.37. The molecule has 9 heteroatoms. The van der Waals surface area contributed by atoms with E-state index in [1.807, 2.05) is 25.9 Å². The van der Waals surface area contributed by atoms with Gasteiger partial charge in [0.15, 0.2) is 11.5 Å². The average Bonchev–Trinajstić information content (AvgIpc) is 3.11. The Morgan fingerprint density at radius 2 is 2.06 bits per heavy atom. The molecule has 2 amide bonds. The molecule has 2 atom stereocenters. The zero-order valence-corrected chi connectivity index (χ0v) is 19.4. The first-order valence-corrected chi connectivity index (χ1v) is 11.0. The van der Waals surface area contributed by atoms with Crippen molar-refractivity contribution in [2.75, 3.05) is 47.4 Å². The van der Waals surface area contributed by atoms with Gasteiger partial charge in [-0.1, -0.05) is 13.0 Å². The highest BCUT2D eigenvalue weighted by Crippen LogP contribution is 2.32. The highest BCUT2D eigenvalue weighted by Gasteiger charge is 2.35. The van der Waals surface area contributed by atoms with Crippen molar-refractivity contribution in [3.05, 3.63) is 23.8 Å². The molecule has 1 aliphatic heterocycles. The standard InChI is InChI=1S/C23H35N3O6/c1-5-11-32-19-8-7-16(12-20(19)31-4)18(14-22(28)29)24-23(30)17-13-21(27)26(15-17)10-6-9-25(2)3/h7-8,12,17-18H,5-6,9-11,13-15H2,1-4H3,(H,24,30)(H,28,29). The predicted molar refractivity (Wildman–Crippen MR) is 120 cm³/mol. The van der Waals surface area contributed by atoms with Gasteiger partial charge < -0.3 is 29.7 Å². The molecule has 0 saturated carbocycles. The molecule has 1 fully saturated rings. The molecule has 1 aromatic rings. The minimum Gasteiger partial charge on any atom is -0.493 e. The summed E-state index contributed by atoms with van der Waals surface area (Å²) in [5, 5.41) is 12.2. The molecule has 0 radical (unpaired) electrons. The van der Waals surface area contributed by atoms with Crippen LogP contribution in [-0.4, -0.2) is 80.1 Å². The number of aliphatic carboxylic acids is 1. The number of ether oxygens (including phenoxy) is 2. The van der Waals surface area contributed by atoms with E-state index in [-0.39, 0.29) is 24.7 Å². The van der Waals surface area contributed by atoms with Crippen molar-refractivity contribution in [3.8, 4) is 11.5 Å². The fraction of sp³-hybridized carbons (Fsp3) is 0.609. The van der Waals surface area contributed by atoms with Crippen molar-refractivity contribution in [2.24, 2.45) is 5.92 Å². The summed E-state index contributed by atoms with van der Waals surface area (Å²) in [5.41, 5.74) is 0.605. The summed E-state index contributed by atoms with van der Waals surface area (Å²) >= 11 is 0. The van der Waals surface area contributed by atoms with Gasteiger partial charge in [-0.3, -0.25) is 14.4 Å². The molecule has 1 heterocycles. The van der Waals surface area contributed by atoms with Gasteiger partial charge in [-0.05, 0) is 51.2 Å². The van der Waals surface area contributed by atoms with Crippen LogP contribution in [0.5, 0.6) is 11.5 Å². The normalized spacial score (nSPS) is 16.8. The Hall–Kier alpha value is -2.81.